The lowest BCUT2D eigenvalue weighted by Crippen LogP contribution is -2.50. The summed E-state index contributed by atoms with van der Waals surface area (Å²) in [5.74, 6) is 0.623. The largest absolute Gasteiger partial charge is 0.484 e. The van der Waals surface area contributed by atoms with Crippen LogP contribution in [0.1, 0.15) is 17.3 Å². The monoisotopic (exact) mass is 372 g/mol. The second-order valence-electron chi connectivity index (χ2n) is 6.22. The Bertz CT molecular complexity index is 784. The van der Waals surface area contributed by atoms with E-state index in [0.29, 0.717) is 29.4 Å². The van der Waals surface area contributed by atoms with E-state index in [1.54, 1.807) is 31.2 Å². The van der Waals surface area contributed by atoms with Gasteiger partial charge >= 0.3 is 0 Å². The number of rotatable bonds is 5. The predicted molar refractivity (Wildman–Crippen MR) is 102 cm³/mol. The second kappa shape index (κ2) is 8.23. The third-order valence-corrected chi connectivity index (χ3v) is 4.66. The van der Waals surface area contributed by atoms with Crippen molar-refractivity contribution in [2.75, 3.05) is 37.7 Å². The van der Waals surface area contributed by atoms with Crippen molar-refractivity contribution in [2.24, 2.45) is 0 Å². The van der Waals surface area contributed by atoms with E-state index in [0.717, 1.165) is 18.8 Å². The third kappa shape index (κ3) is 4.55. The molecule has 136 valence electrons. The Morgan fingerprint density at radius 3 is 2.35 bits per heavy atom. The summed E-state index contributed by atoms with van der Waals surface area (Å²) in [6, 6.07) is 14.6. The lowest BCUT2D eigenvalue weighted by atomic mass is 10.1. The van der Waals surface area contributed by atoms with Crippen LogP contribution in [0, 0.1) is 0 Å². The van der Waals surface area contributed by atoms with Crippen LogP contribution >= 0.6 is 11.6 Å². The summed E-state index contributed by atoms with van der Waals surface area (Å²) in [4.78, 5) is 27.7. The van der Waals surface area contributed by atoms with Gasteiger partial charge in [0.2, 0.25) is 0 Å². The molecule has 2 aromatic carbocycles. The molecule has 1 saturated heterocycles. The molecule has 1 amide bonds. The van der Waals surface area contributed by atoms with E-state index >= 15 is 0 Å². The molecule has 0 N–H and O–H groups in total. The molecule has 6 heteroatoms. The molecule has 0 aromatic heterocycles. The minimum Gasteiger partial charge on any atom is -0.484 e. The number of anilines is 1. The summed E-state index contributed by atoms with van der Waals surface area (Å²) in [5, 5.41) is 0.583. The highest BCUT2D eigenvalue weighted by Crippen LogP contribution is 2.19. The van der Waals surface area contributed by atoms with E-state index in [4.69, 9.17) is 16.3 Å². The van der Waals surface area contributed by atoms with E-state index in [-0.39, 0.29) is 18.3 Å². The molecule has 1 heterocycles. The Balaban J connectivity index is 1.49. The van der Waals surface area contributed by atoms with Gasteiger partial charge in [-0.2, -0.15) is 0 Å². The SMILES string of the molecule is CC(=O)c1ccc(N2CCN(C(=O)COc3cccc(Cl)c3)CC2)cc1. The zero-order chi connectivity index (χ0) is 18.5. The van der Waals surface area contributed by atoms with Crippen LogP contribution in [0.3, 0.4) is 0 Å². The molecule has 26 heavy (non-hydrogen) atoms. The van der Waals surface area contributed by atoms with Crippen LogP contribution in [-0.2, 0) is 4.79 Å². The Morgan fingerprint density at radius 2 is 1.73 bits per heavy atom. The van der Waals surface area contributed by atoms with Crippen molar-refractivity contribution in [1.29, 1.82) is 0 Å². The van der Waals surface area contributed by atoms with Crippen LogP contribution < -0.4 is 9.64 Å². The maximum absolute atomic E-state index is 12.3. The summed E-state index contributed by atoms with van der Waals surface area (Å²) in [5.41, 5.74) is 1.78. The highest BCUT2D eigenvalue weighted by atomic mass is 35.5. The maximum atomic E-state index is 12.3. The number of hydrogen-bond acceptors (Lipinski definition) is 4. The van der Waals surface area contributed by atoms with Crippen LogP contribution in [-0.4, -0.2) is 49.4 Å². The van der Waals surface area contributed by atoms with Crippen molar-refractivity contribution >= 4 is 29.0 Å². The Labute approximate surface area is 158 Å². The van der Waals surface area contributed by atoms with Gasteiger partial charge in [0.05, 0.1) is 0 Å². The zero-order valence-corrected chi connectivity index (χ0v) is 15.4. The van der Waals surface area contributed by atoms with Gasteiger partial charge < -0.3 is 14.5 Å². The van der Waals surface area contributed by atoms with E-state index in [9.17, 15) is 9.59 Å². The van der Waals surface area contributed by atoms with Crippen LogP contribution in [0.15, 0.2) is 48.5 Å². The lowest BCUT2D eigenvalue weighted by Gasteiger charge is -2.36. The number of piperazine rings is 1. The Kier molecular flexibility index (Phi) is 5.78. The summed E-state index contributed by atoms with van der Waals surface area (Å²) in [7, 11) is 0. The molecule has 0 atom stereocenters. The molecule has 0 bridgehead atoms. The number of benzene rings is 2. The zero-order valence-electron chi connectivity index (χ0n) is 14.7. The number of halogens is 1. The van der Waals surface area contributed by atoms with Crippen molar-refractivity contribution in [1.82, 2.24) is 4.90 Å². The number of hydrogen-bond donors (Lipinski definition) is 0. The van der Waals surface area contributed by atoms with Gasteiger partial charge in [0, 0.05) is 42.5 Å². The van der Waals surface area contributed by atoms with Gasteiger partial charge in [-0.3, -0.25) is 9.59 Å². The normalized spacial score (nSPS) is 14.2. The van der Waals surface area contributed by atoms with Crippen LogP contribution in [0.5, 0.6) is 5.75 Å². The van der Waals surface area contributed by atoms with Crippen molar-refractivity contribution in [3.05, 3.63) is 59.1 Å². The number of amides is 1. The molecule has 0 radical (unpaired) electrons. The Morgan fingerprint density at radius 1 is 1.04 bits per heavy atom. The highest BCUT2D eigenvalue weighted by Gasteiger charge is 2.21. The maximum Gasteiger partial charge on any atom is 0.260 e. The van der Waals surface area contributed by atoms with Gasteiger partial charge in [-0.15, -0.1) is 0 Å². The van der Waals surface area contributed by atoms with Crippen molar-refractivity contribution in [3.63, 3.8) is 0 Å². The molecule has 1 fully saturated rings. The van der Waals surface area contributed by atoms with Gasteiger partial charge in [0.25, 0.3) is 5.91 Å². The fraction of sp³-hybridized carbons (Fsp3) is 0.300. The summed E-state index contributed by atoms with van der Waals surface area (Å²) < 4.78 is 5.53. The molecular formula is C20H21ClN2O3. The number of carbonyl (C=O) groups excluding carboxylic acids is 2. The molecule has 2 aromatic rings. The standard InChI is InChI=1S/C20H21ClN2O3/c1-15(24)16-5-7-18(8-6-16)22-9-11-23(12-10-22)20(25)14-26-19-4-2-3-17(21)13-19/h2-8,13H,9-12,14H2,1H3. The molecule has 1 aliphatic rings. The number of ether oxygens (including phenoxy) is 1. The number of Topliss-reactive ketones (excluding diaryl/α,β-unsaturated/α-hetero) is 1. The number of nitrogens with zero attached hydrogens (tertiary/aromatic N) is 2. The van der Waals surface area contributed by atoms with Gasteiger partial charge in [-0.05, 0) is 49.4 Å². The van der Waals surface area contributed by atoms with Crippen molar-refractivity contribution in [2.45, 2.75) is 6.92 Å². The molecule has 0 saturated carbocycles. The summed E-state index contributed by atoms with van der Waals surface area (Å²) >= 11 is 5.91. The molecule has 0 unspecified atom stereocenters. The molecular weight excluding hydrogens is 352 g/mol. The van der Waals surface area contributed by atoms with Gasteiger partial charge in [-0.25, -0.2) is 0 Å². The first kappa shape index (κ1) is 18.3. The van der Waals surface area contributed by atoms with E-state index in [1.165, 1.54) is 0 Å². The van der Waals surface area contributed by atoms with E-state index < -0.39 is 0 Å². The van der Waals surface area contributed by atoms with Gasteiger partial charge in [-0.1, -0.05) is 17.7 Å². The van der Waals surface area contributed by atoms with E-state index in [2.05, 4.69) is 4.90 Å². The topological polar surface area (TPSA) is 49.9 Å². The number of carbonyl (C=O) groups is 2. The van der Waals surface area contributed by atoms with Gasteiger partial charge in [0.15, 0.2) is 12.4 Å². The minimum absolute atomic E-state index is 0.00759. The van der Waals surface area contributed by atoms with Gasteiger partial charge in [0.1, 0.15) is 5.75 Å². The average Bonchev–Trinajstić information content (AvgIpc) is 2.66. The predicted octanol–water partition coefficient (Wildman–Crippen LogP) is 3.27. The summed E-state index contributed by atoms with van der Waals surface area (Å²) in [6.45, 7) is 4.36. The lowest BCUT2D eigenvalue weighted by molar-refractivity contribution is -0.133. The first-order valence-electron chi connectivity index (χ1n) is 8.55. The fourth-order valence-corrected chi connectivity index (χ4v) is 3.09. The van der Waals surface area contributed by atoms with Crippen LogP contribution in [0.2, 0.25) is 5.02 Å². The minimum atomic E-state index is -0.0310. The van der Waals surface area contributed by atoms with Crippen molar-refractivity contribution < 1.29 is 14.3 Å². The molecule has 3 rings (SSSR count). The fourth-order valence-electron chi connectivity index (χ4n) is 2.91. The molecule has 0 spiro atoms. The van der Waals surface area contributed by atoms with Crippen molar-refractivity contribution in [3.8, 4) is 5.75 Å². The molecule has 1 aliphatic heterocycles. The van der Waals surface area contributed by atoms with Crippen LogP contribution in [0.4, 0.5) is 5.69 Å². The Hall–Kier alpha value is -2.53. The smallest absolute Gasteiger partial charge is 0.260 e. The first-order chi connectivity index (χ1) is 12.5. The third-order valence-electron chi connectivity index (χ3n) is 4.43. The number of ketones is 1. The first-order valence-corrected chi connectivity index (χ1v) is 8.93. The second-order valence-corrected chi connectivity index (χ2v) is 6.65. The average molecular weight is 373 g/mol. The van der Waals surface area contributed by atoms with Crippen LogP contribution in [0.25, 0.3) is 0 Å². The van der Waals surface area contributed by atoms with E-state index in [1.807, 2.05) is 29.2 Å². The molecule has 5 nitrogen and oxygen atoms in total. The molecule has 0 aliphatic carbocycles. The summed E-state index contributed by atoms with van der Waals surface area (Å²) in [6.07, 6.45) is 0. The highest BCUT2D eigenvalue weighted by molar-refractivity contribution is 6.30. The quantitative estimate of drug-likeness (QED) is 0.756.